The molecule has 102 valence electrons. The highest BCUT2D eigenvalue weighted by atomic mass is 16.6. The summed E-state index contributed by atoms with van der Waals surface area (Å²) in [5.41, 5.74) is -0.565. The average molecular weight is 255 g/mol. The standard InChI is InChI=1S/C13H21NO4/c1-12(2,3)18-11(17)14-6-7-8(13(7,4)5)9(14)10(15)16/h7-9H,6H2,1-5H3,(H,15,16). The van der Waals surface area contributed by atoms with Crippen LogP contribution in [-0.2, 0) is 9.53 Å². The number of carboxylic acid groups (broad SMARTS) is 1. The van der Waals surface area contributed by atoms with Crippen LogP contribution in [0.1, 0.15) is 34.6 Å². The van der Waals surface area contributed by atoms with E-state index in [1.165, 1.54) is 4.90 Å². The van der Waals surface area contributed by atoms with Crippen LogP contribution in [0.5, 0.6) is 0 Å². The topological polar surface area (TPSA) is 66.8 Å². The Bertz CT molecular complexity index is 396. The number of carbonyl (C=O) groups is 2. The van der Waals surface area contributed by atoms with E-state index in [1.54, 1.807) is 20.8 Å². The summed E-state index contributed by atoms with van der Waals surface area (Å²) in [6, 6.07) is -0.736. The number of aliphatic carboxylic acids is 1. The number of amides is 1. The zero-order valence-corrected chi connectivity index (χ0v) is 11.6. The Morgan fingerprint density at radius 2 is 1.89 bits per heavy atom. The first-order valence-electron chi connectivity index (χ1n) is 6.28. The molecule has 1 saturated heterocycles. The minimum atomic E-state index is -0.932. The number of rotatable bonds is 1. The van der Waals surface area contributed by atoms with Crippen LogP contribution >= 0.6 is 0 Å². The molecule has 1 amide bonds. The lowest BCUT2D eigenvalue weighted by Crippen LogP contribution is -2.47. The molecule has 0 aromatic carbocycles. The molecule has 1 aliphatic carbocycles. The number of hydrogen-bond acceptors (Lipinski definition) is 3. The predicted octanol–water partition coefficient (Wildman–Crippen LogP) is 1.96. The van der Waals surface area contributed by atoms with Gasteiger partial charge in [-0.05, 0) is 32.1 Å². The number of likely N-dealkylation sites (tertiary alicyclic amines) is 1. The fraction of sp³-hybridized carbons (Fsp3) is 0.846. The fourth-order valence-corrected chi connectivity index (χ4v) is 3.08. The van der Waals surface area contributed by atoms with Gasteiger partial charge in [-0.3, -0.25) is 4.90 Å². The zero-order valence-electron chi connectivity index (χ0n) is 11.6. The maximum Gasteiger partial charge on any atom is 0.411 e. The molecule has 0 radical (unpaired) electrons. The number of hydrogen-bond donors (Lipinski definition) is 1. The Morgan fingerprint density at radius 1 is 1.33 bits per heavy atom. The lowest BCUT2D eigenvalue weighted by molar-refractivity contribution is -0.143. The highest BCUT2D eigenvalue weighted by Crippen LogP contribution is 2.64. The van der Waals surface area contributed by atoms with E-state index >= 15 is 0 Å². The first kappa shape index (κ1) is 13.2. The van der Waals surface area contributed by atoms with Crippen molar-refractivity contribution < 1.29 is 19.4 Å². The minimum Gasteiger partial charge on any atom is -0.480 e. The third-order valence-corrected chi connectivity index (χ3v) is 4.09. The molecule has 2 rings (SSSR count). The van der Waals surface area contributed by atoms with Gasteiger partial charge in [-0.1, -0.05) is 13.8 Å². The molecule has 1 heterocycles. The Kier molecular flexibility index (Phi) is 2.65. The van der Waals surface area contributed by atoms with Gasteiger partial charge >= 0.3 is 12.1 Å². The summed E-state index contributed by atoms with van der Waals surface area (Å²) >= 11 is 0. The second kappa shape index (κ2) is 3.62. The van der Waals surface area contributed by atoms with E-state index in [-0.39, 0.29) is 17.3 Å². The molecule has 3 atom stereocenters. The van der Waals surface area contributed by atoms with E-state index in [9.17, 15) is 14.7 Å². The quantitative estimate of drug-likeness (QED) is 0.777. The Labute approximate surface area is 107 Å². The van der Waals surface area contributed by atoms with E-state index in [0.29, 0.717) is 6.54 Å². The second-order valence-electron chi connectivity index (χ2n) is 6.87. The molecule has 5 nitrogen and oxygen atoms in total. The second-order valence-corrected chi connectivity index (χ2v) is 6.87. The molecule has 0 spiro atoms. The Morgan fingerprint density at radius 3 is 2.33 bits per heavy atom. The first-order valence-corrected chi connectivity index (χ1v) is 6.28. The number of piperidine rings is 1. The molecule has 1 N–H and O–H groups in total. The summed E-state index contributed by atoms with van der Waals surface area (Å²) < 4.78 is 5.26. The van der Waals surface area contributed by atoms with Crippen LogP contribution in [0.25, 0.3) is 0 Å². The molecule has 3 unspecified atom stereocenters. The van der Waals surface area contributed by atoms with Crippen LogP contribution in [0.2, 0.25) is 0 Å². The van der Waals surface area contributed by atoms with Crippen LogP contribution in [0.15, 0.2) is 0 Å². The number of nitrogens with zero attached hydrogens (tertiary/aromatic N) is 1. The van der Waals surface area contributed by atoms with Gasteiger partial charge in [-0.15, -0.1) is 0 Å². The minimum absolute atomic E-state index is 0.0293. The summed E-state index contributed by atoms with van der Waals surface area (Å²) in [5.74, 6) is -0.590. The van der Waals surface area contributed by atoms with Crippen molar-refractivity contribution in [3.05, 3.63) is 0 Å². The van der Waals surface area contributed by atoms with Crippen LogP contribution in [-0.4, -0.2) is 40.3 Å². The van der Waals surface area contributed by atoms with Crippen molar-refractivity contribution in [2.75, 3.05) is 6.54 Å². The first-order chi connectivity index (χ1) is 8.05. The highest BCUT2D eigenvalue weighted by molar-refractivity contribution is 5.82. The molecular weight excluding hydrogens is 234 g/mol. The van der Waals surface area contributed by atoms with E-state index in [0.717, 1.165) is 0 Å². The van der Waals surface area contributed by atoms with Crippen LogP contribution < -0.4 is 0 Å². The molecule has 0 aromatic heterocycles. The Balaban J connectivity index is 2.12. The van der Waals surface area contributed by atoms with Crippen LogP contribution in [0.3, 0.4) is 0 Å². The third kappa shape index (κ3) is 1.95. The number of carbonyl (C=O) groups excluding carboxylic acids is 1. The van der Waals surface area contributed by atoms with Crippen LogP contribution in [0, 0.1) is 17.3 Å². The molecule has 2 aliphatic rings. The summed E-state index contributed by atoms with van der Waals surface area (Å²) in [6.07, 6.45) is -0.516. The van der Waals surface area contributed by atoms with Gasteiger partial charge < -0.3 is 9.84 Å². The van der Waals surface area contributed by atoms with Gasteiger partial charge in [-0.25, -0.2) is 9.59 Å². The van der Waals surface area contributed by atoms with E-state index in [2.05, 4.69) is 13.8 Å². The monoisotopic (exact) mass is 255 g/mol. The third-order valence-electron chi connectivity index (χ3n) is 4.09. The van der Waals surface area contributed by atoms with Gasteiger partial charge in [0.15, 0.2) is 0 Å². The lowest BCUT2D eigenvalue weighted by Gasteiger charge is -2.30. The SMILES string of the molecule is CC(C)(C)OC(=O)N1CC2C(C1C(=O)O)C2(C)C. The van der Waals surface area contributed by atoms with Gasteiger partial charge in [0.25, 0.3) is 0 Å². The smallest absolute Gasteiger partial charge is 0.411 e. The molecule has 0 aromatic rings. The van der Waals surface area contributed by atoms with Crippen molar-refractivity contribution in [3.8, 4) is 0 Å². The van der Waals surface area contributed by atoms with Crippen molar-refractivity contribution in [2.45, 2.75) is 46.3 Å². The number of fused-ring (bicyclic) bond motifs is 1. The summed E-state index contributed by atoms with van der Waals surface area (Å²) in [6.45, 7) is 9.95. The summed E-state index contributed by atoms with van der Waals surface area (Å²) in [5, 5.41) is 9.31. The largest absolute Gasteiger partial charge is 0.480 e. The number of ether oxygens (including phenoxy) is 1. The fourth-order valence-electron chi connectivity index (χ4n) is 3.08. The van der Waals surface area contributed by atoms with Crippen molar-refractivity contribution in [2.24, 2.45) is 17.3 Å². The molecule has 0 bridgehead atoms. The molecular formula is C13H21NO4. The van der Waals surface area contributed by atoms with Gasteiger partial charge in [0.1, 0.15) is 11.6 Å². The molecule has 2 fully saturated rings. The van der Waals surface area contributed by atoms with E-state index < -0.39 is 23.7 Å². The van der Waals surface area contributed by atoms with E-state index in [1.807, 2.05) is 0 Å². The summed E-state index contributed by atoms with van der Waals surface area (Å²) in [4.78, 5) is 24.7. The maximum absolute atomic E-state index is 12.0. The summed E-state index contributed by atoms with van der Waals surface area (Å²) in [7, 11) is 0. The van der Waals surface area contributed by atoms with Crippen molar-refractivity contribution in [1.82, 2.24) is 4.90 Å². The normalized spacial score (nSPS) is 32.9. The van der Waals surface area contributed by atoms with Gasteiger partial charge in [-0.2, -0.15) is 0 Å². The number of carboxylic acids is 1. The molecule has 18 heavy (non-hydrogen) atoms. The van der Waals surface area contributed by atoms with Gasteiger partial charge in [0.2, 0.25) is 0 Å². The lowest BCUT2D eigenvalue weighted by atomic mass is 10.0. The van der Waals surface area contributed by atoms with Crippen LogP contribution in [0.4, 0.5) is 4.79 Å². The highest BCUT2D eigenvalue weighted by Gasteiger charge is 2.70. The molecule has 5 heteroatoms. The van der Waals surface area contributed by atoms with Gasteiger partial charge in [0.05, 0.1) is 0 Å². The molecule has 1 saturated carbocycles. The average Bonchev–Trinajstić information content (AvgIpc) is 2.59. The van der Waals surface area contributed by atoms with Gasteiger partial charge in [0, 0.05) is 12.5 Å². The molecule has 1 aliphatic heterocycles. The van der Waals surface area contributed by atoms with E-state index in [4.69, 9.17) is 4.74 Å². The zero-order chi connectivity index (χ0) is 13.9. The maximum atomic E-state index is 12.0. The van der Waals surface area contributed by atoms with Crippen molar-refractivity contribution in [3.63, 3.8) is 0 Å². The predicted molar refractivity (Wildman–Crippen MR) is 65.1 cm³/mol. The van der Waals surface area contributed by atoms with Crippen molar-refractivity contribution >= 4 is 12.1 Å². The van der Waals surface area contributed by atoms with Crippen molar-refractivity contribution in [1.29, 1.82) is 0 Å². The Hall–Kier alpha value is -1.26.